The monoisotopic (exact) mass is 464 g/mol. The van der Waals surface area contributed by atoms with E-state index in [1.807, 2.05) is 42.2 Å². The Morgan fingerprint density at radius 2 is 1.62 bits per heavy atom. The summed E-state index contributed by atoms with van der Waals surface area (Å²) in [5.74, 6) is -0.555. The number of piperazine rings is 1. The third-order valence-corrected chi connectivity index (χ3v) is 6.15. The molecule has 3 aromatic carbocycles. The van der Waals surface area contributed by atoms with Crippen LogP contribution in [-0.4, -0.2) is 55.0 Å². The summed E-state index contributed by atoms with van der Waals surface area (Å²) in [5.41, 5.74) is 3.87. The number of carbonyl (C=O) groups excluding carboxylic acids is 1. The second kappa shape index (κ2) is 11.4. The second-order valence-electron chi connectivity index (χ2n) is 8.79. The molecule has 0 radical (unpaired) electrons. The summed E-state index contributed by atoms with van der Waals surface area (Å²) >= 11 is 0. The first kappa shape index (κ1) is 24.0. The Kier molecular flexibility index (Phi) is 8.03. The molecule has 1 fully saturated rings. The van der Waals surface area contributed by atoms with E-state index < -0.39 is 0 Å². The minimum atomic E-state index is -0.346. The fourth-order valence-corrected chi connectivity index (χ4v) is 4.20. The lowest BCUT2D eigenvalue weighted by molar-refractivity contribution is 0.0528. The molecule has 6 heteroatoms. The Balaban J connectivity index is 1.21. The summed E-state index contributed by atoms with van der Waals surface area (Å²) in [7, 11) is 0. The standard InChI is InChI=1S/C28H30F2N2O2/c1-21-6-8-24(9-7-21)28(33)32-12-10-31(11-13-32)14-15-34-20-23-16-22(18-26(29)19-23)17-25-4-2-3-5-27(25)30/h2-9,16,18-19H,10-15,17,20H2,1H3. The molecule has 1 heterocycles. The highest BCUT2D eigenvalue weighted by Gasteiger charge is 2.21. The molecule has 1 amide bonds. The van der Waals surface area contributed by atoms with Crippen molar-refractivity contribution < 1.29 is 18.3 Å². The van der Waals surface area contributed by atoms with Crippen LogP contribution in [0.15, 0.2) is 66.7 Å². The molecular weight excluding hydrogens is 434 g/mol. The van der Waals surface area contributed by atoms with Crippen molar-refractivity contribution >= 4 is 5.91 Å². The van der Waals surface area contributed by atoms with Gasteiger partial charge in [-0.3, -0.25) is 9.69 Å². The van der Waals surface area contributed by atoms with Crippen molar-refractivity contribution in [3.8, 4) is 0 Å². The van der Waals surface area contributed by atoms with E-state index in [9.17, 15) is 13.6 Å². The third kappa shape index (κ3) is 6.49. The first-order valence-corrected chi connectivity index (χ1v) is 11.7. The van der Waals surface area contributed by atoms with Crippen molar-refractivity contribution in [3.63, 3.8) is 0 Å². The van der Waals surface area contributed by atoms with Crippen molar-refractivity contribution in [1.82, 2.24) is 9.80 Å². The maximum Gasteiger partial charge on any atom is 0.253 e. The molecule has 4 nitrogen and oxygen atoms in total. The highest BCUT2D eigenvalue weighted by molar-refractivity contribution is 5.94. The van der Waals surface area contributed by atoms with Gasteiger partial charge in [0.1, 0.15) is 11.6 Å². The van der Waals surface area contributed by atoms with E-state index >= 15 is 0 Å². The predicted octanol–water partition coefficient (Wildman–Crippen LogP) is 4.84. The summed E-state index contributed by atoms with van der Waals surface area (Å²) in [5, 5.41) is 0. The van der Waals surface area contributed by atoms with Crippen LogP contribution in [0.4, 0.5) is 8.78 Å². The van der Waals surface area contributed by atoms with Crippen molar-refractivity contribution in [1.29, 1.82) is 0 Å². The van der Waals surface area contributed by atoms with Crippen molar-refractivity contribution in [2.75, 3.05) is 39.3 Å². The van der Waals surface area contributed by atoms with Crippen LogP contribution in [0, 0.1) is 18.6 Å². The number of nitrogens with zero attached hydrogens (tertiary/aromatic N) is 2. The number of amides is 1. The Labute approximate surface area is 199 Å². The molecule has 0 aromatic heterocycles. The first-order valence-electron chi connectivity index (χ1n) is 11.7. The topological polar surface area (TPSA) is 32.8 Å². The van der Waals surface area contributed by atoms with Gasteiger partial charge >= 0.3 is 0 Å². The normalized spacial score (nSPS) is 14.4. The lowest BCUT2D eigenvalue weighted by atomic mass is 10.0. The molecule has 0 unspecified atom stereocenters. The van der Waals surface area contributed by atoms with Gasteiger partial charge in [-0.25, -0.2) is 8.78 Å². The fraction of sp³-hybridized carbons (Fsp3) is 0.321. The van der Waals surface area contributed by atoms with Crippen molar-refractivity contribution in [2.45, 2.75) is 20.0 Å². The zero-order valence-corrected chi connectivity index (χ0v) is 19.5. The van der Waals surface area contributed by atoms with E-state index in [1.165, 1.54) is 18.2 Å². The highest BCUT2D eigenvalue weighted by Crippen LogP contribution is 2.17. The number of carbonyl (C=O) groups is 1. The van der Waals surface area contributed by atoms with Crippen molar-refractivity contribution in [2.24, 2.45) is 0 Å². The molecule has 178 valence electrons. The Hall–Kier alpha value is -3.09. The number of halogens is 2. The predicted molar refractivity (Wildman–Crippen MR) is 129 cm³/mol. The average Bonchev–Trinajstić information content (AvgIpc) is 2.83. The van der Waals surface area contributed by atoms with E-state index in [-0.39, 0.29) is 17.5 Å². The highest BCUT2D eigenvalue weighted by atomic mass is 19.1. The maximum absolute atomic E-state index is 14.1. The summed E-state index contributed by atoms with van der Waals surface area (Å²) in [6.07, 6.45) is 0.336. The molecule has 1 aliphatic rings. The van der Waals surface area contributed by atoms with Gasteiger partial charge in [-0.05, 0) is 53.9 Å². The quantitative estimate of drug-likeness (QED) is 0.448. The number of aryl methyl sites for hydroxylation is 1. The molecule has 1 saturated heterocycles. The second-order valence-corrected chi connectivity index (χ2v) is 8.79. The number of rotatable bonds is 8. The Morgan fingerprint density at radius 3 is 2.35 bits per heavy atom. The molecule has 0 atom stereocenters. The number of hydrogen-bond acceptors (Lipinski definition) is 3. The maximum atomic E-state index is 14.1. The van der Waals surface area contributed by atoms with Gasteiger partial charge in [0.15, 0.2) is 0 Å². The lowest BCUT2D eigenvalue weighted by Gasteiger charge is -2.34. The van der Waals surface area contributed by atoms with Gasteiger partial charge in [0.2, 0.25) is 0 Å². The SMILES string of the molecule is Cc1ccc(C(=O)N2CCN(CCOCc3cc(F)cc(Cc4ccccc4F)c3)CC2)cc1. The van der Waals surface area contributed by atoms with Gasteiger partial charge in [0.05, 0.1) is 13.2 Å². The summed E-state index contributed by atoms with van der Waals surface area (Å²) in [6, 6.07) is 19.0. The van der Waals surface area contributed by atoms with E-state index in [0.29, 0.717) is 38.3 Å². The minimum Gasteiger partial charge on any atom is -0.375 e. The van der Waals surface area contributed by atoms with Crippen LogP contribution in [0.25, 0.3) is 0 Å². The van der Waals surface area contributed by atoms with E-state index in [0.717, 1.165) is 41.9 Å². The van der Waals surface area contributed by atoms with Gasteiger partial charge < -0.3 is 9.64 Å². The fourth-order valence-electron chi connectivity index (χ4n) is 4.20. The smallest absolute Gasteiger partial charge is 0.253 e. The number of ether oxygens (including phenoxy) is 1. The average molecular weight is 465 g/mol. The summed E-state index contributed by atoms with van der Waals surface area (Å²) in [4.78, 5) is 16.8. The van der Waals surface area contributed by atoms with Crippen LogP contribution >= 0.6 is 0 Å². The molecule has 0 aliphatic carbocycles. The van der Waals surface area contributed by atoms with E-state index in [2.05, 4.69) is 4.90 Å². The van der Waals surface area contributed by atoms with Gasteiger partial charge in [-0.2, -0.15) is 0 Å². The number of benzene rings is 3. The summed E-state index contributed by atoms with van der Waals surface area (Å²) < 4.78 is 33.8. The molecule has 0 bridgehead atoms. The van der Waals surface area contributed by atoms with Crippen LogP contribution in [0.3, 0.4) is 0 Å². The molecule has 3 aromatic rings. The van der Waals surface area contributed by atoms with Gasteiger partial charge in [0, 0.05) is 44.7 Å². The molecule has 4 rings (SSSR count). The van der Waals surface area contributed by atoms with Crippen LogP contribution in [0.2, 0.25) is 0 Å². The number of hydrogen-bond donors (Lipinski definition) is 0. The van der Waals surface area contributed by atoms with Crippen LogP contribution in [-0.2, 0) is 17.8 Å². The molecule has 0 N–H and O–H groups in total. The van der Waals surface area contributed by atoms with Crippen LogP contribution in [0.5, 0.6) is 0 Å². The Morgan fingerprint density at radius 1 is 0.912 bits per heavy atom. The zero-order chi connectivity index (χ0) is 23.9. The van der Waals surface area contributed by atoms with Gasteiger partial charge in [-0.15, -0.1) is 0 Å². The van der Waals surface area contributed by atoms with Crippen molar-refractivity contribution in [3.05, 3.63) is 106 Å². The van der Waals surface area contributed by atoms with Crippen LogP contribution < -0.4 is 0 Å². The minimum absolute atomic E-state index is 0.0770. The van der Waals surface area contributed by atoms with Gasteiger partial charge in [-0.1, -0.05) is 42.0 Å². The first-order chi connectivity index (χ1) is 16.5. The zero-order valence-electron chi connectivity index (χ0n) is 19.5. The Bertz CT molecular complexity index is 1110. The molecule has 1 aliphatic heterocycles. The van der Waals surface area contributed by atoms with E-state index in [4.69, 9.17) is 4.74 Å². The van der Waals surface area contributed by atoms with Gasteiger partial charge in [0.25, 0.3) is 5.91 Å². The largest absolute Gasteiger partial charge is 0.375 e. The lowest BCUT2D eigenvalue weighted by Crippen LogP contribution is -2.49. The third-order valence-electron chi connectivity index (χ3n) is 6.15. The van der Waals surface area contributed by atoms with Crippen LogP contribution in [0.1, 0.15) is 32.6 Å². The summed E-state index contributed by atoms with van der Waals surface area (Å²) in [6.45, 7) is 6.56. The molecule has 0 spiro atoms. The van der Waals surface area contributed by atoms with E-state index in [1.54, 1.807) is 18.2 Å². The molecule has 0 saturated carbocycles. The molecule has 34 heavy (non-hydrogen) atoms. The molecular formula is C28H30F2N2O2.